The number of hydrogen-bond acceptors (Lipinski definition) is 1. The molecule has 1 heterocycles. The van der Waals surface area contributed by atoms with Gasteiger partial charge in [0.25, 0.3) is 0 Å². The second kappa shape index (κ2) is 3.27. The molecule has 0 aliphatic rings. The number of rotatable bonds is 0. The van der Waals surface area contributed by atoms with Gasteiger partial charge in [0, 0.05) is 10.8 Å². The standard InChI is InChI=1S/C14H10FN/c1-9-11-4-2-3-5-13(11)16-14-7-6-10(15)8-12(9)14/h2-8H,1H3. The van der Waals surface area contributed by atoms with E-state index >= 15 is 0 Å². The highest BCUT2D eigenvalue weighted by Crippen LogP contribution is 2.25. The van der Waals surface area contributed by atoms with Gasteiger partial charge in [-0.3, -0.25) is 0 Å². The minimum atomic E-state index is -0.215. The molecule has 0 aliphatic heterocycles. The molecule has 2 aromatic carbocycles. The van der Waals surface area contributed by atoms with Crippen LogP contribution in [-0.2, 0) is 0 Å². The van der Waals surface area contributed by atoms with Gasteiger partial charge in [0.05, 0.1) is 11.0 Å². The summed E-state index contributed by atoms with van der Waals surface area (Å²) in [6.07, 6.45) is 0. The lowest BCUT2D eigenvalue weighted by Gasteiger charge is -2.06. The summed E-state index contributed by atoms with van der Waals surface area (Å²) in [4.78, 5) is 4.51. The molecule has 78 valence electrons. The first-order valence-electron chi connectivity index (χ1n) is 5.20. The van der Waals surface area contributed by atoms with E-state index in [1.807, 2.05) is 31.2 Å². The van der Waals surface area contributed by atoms with Gasteiger partial charge >= 0.3 is 0 Å². The van der Waals surface area contributed by atoms with E-state index in [2.05, 4.69) is 4.98 Å². The minimum absolute atomic E-state index is 0.215. The van der Waals surface area contributed by atoms with Crippen LogP contribution in [0.25, 0.3) is 21.8 Å². The fourth-order valence-corrected chi connectivity index (χ4v) is 2.07. The Morgan fingerprint density at radius 3 is 2.56 bits per heavy atom. The molecule has 3 aromatic rings. The van der Waals surface area contributed by atoms with E-state index in [0.717, 1.165) is 27.4 Å². The van der Waals surface area contributed by atoms with Crippen LogP contribution < -0.4 is 0 Å². The number of halogens is 1. The Kier molecular flexibility index (Phi) is 1.90. The molecule has 0 unspecified atom stereocenters. The van der Waals surface area contributed by atoms with Crippen molar-refractivity contribution in [1.82, 2.24) is 4.98 Å². The summed E-state index contributed by atoms with van der Waals surface area (Å²) in [5.41, 5.74) is 2.89. The molecule has 0 saturated carbocycles. The highest BCUT2D eigenvalue weighted by atomic mass is 19.1. The third-order valence-corrected chi connectivity index (χ3v) is 2.91. The van der Waals surface area contributed by atoms with Gasteiger partial charge in [-0.2, -0.15) is 0 Å². The number of benzene rings is 2. The normalized spacial score (nSPS) is 11.1. The van der Waals surface area contributed by atoms with E-state index in [1.165, 1.54) is 6.07 Å². The van der Waals surface area contributed by atoms with Gasteiger partial charge in [0.15, 0.2) is 0 Å². The van der Waals surface area contributed by atoms with Crippen LogP contribution in [0, 0.1) is 12.7 Å². The van der Waals surface area contributed by atoms with Crippen LogP contribution in [0.15, 0.2) is 42.5 Å². The van der Waals surface area contributed by atoms with Gasteiger partial charge in [-0.1, -0.05) is 18.2 Å². The van der Waals surface area contributed by atoms with Crippen molar-refractivity contribution in [1.29, 1.82) is 0 Å². The van der Waals surface area contributed by atoms with Gasteiger partial charge in [-0.25, -0.2) is 9.37 Å². The van der Waals surface area contributed by atoms with Gasteiger partial charge in [-0.05, 0) is 36.8 Å². The summed E-state index contributed by atoms with van der Waals surface area (Å²) >= 11 is 0. The Morgan fingerprint density at radius 2 is 1.69 bits per heavy atom. The largest absolute Gasteiger partial charge is 0.248 e. The maximum absolute atomic E-state index is 13.2. The number of pyridine rings is 1. The summed E-state index contributed by atoms with van der Waals surface area (Å²) in [6.45, 7) is 2.01. The molecule has 0 spiro atoms. The first-order chi connectivity index (χ1) is 7.75. The summed E-state index contributed by atoms with van der Waals surface area (Å²) in [6, 6.07) is 12.6. The molecule has 0 N–H and O–H groups in total. The molecule has 0 saturated heterocycles. The molecule has 16 heavy (non-hydrogen) atoms. The molecular formula is C14H10FN. The lowest BCUT2D eigenvalue weighted by Crippen LogP contribution is -1.88. The van der Waals surface area contributed by atoms with Crippen molar-refractivity contribution in [2.45, 2.75) is 6.92 Å². The summed E-state index contributed by atoms with van der Waals surface area (Å²) in [5.74, 6) is -0.215. The summed E-state index contributed by atoms with van der Waals surface area (Å²) in [7, 11) is 0. The lowest BCUT2D eigenvalue weighted by molar-refractivity contribution is 0.629. The monoisotopic (exact) mass is 211 g/mol. The Labute approximate surface area is 92.5 Å². The zero-order valence-corrected chi connectivity index (χ0v) is 8.87. The van der Waals surface area contributed by atoms with E-state index in [-0.39, 0.29) is 5.82 Å². The number of fused-ring (bicyclic) bond motifs is 2. The van der Waals surface area contributed by atoms with Gasteiger partial charge in [0.1, 0.15) is 5.82 Å². The zero-order valence-electron chi connectivity index (χ0n) is 8.87. The molecule has 1 nitrogen and oxygen atoms in total. The smallest absolute Gasteiger partial charge is 0.123 e. The molecule has 0 aliphatic carbocycles. The van der Waals surface area contributed by atoms with E-state index in [0.29, 0.717) is 0 Å². The molecule has 0 fully saturated rings. The Balaban J connectivity index is 2.56. The third-order valence-electron chi connectivity index (χ3n) is 2.91. The first kappa shape index (κ1) is 9.28. The van der Waals surface area contributed by atoms with E-state index in [4.69, 9.17) is 0 Å². The molecule has 1 aromatic heterocycles. The van der Waals surface area contributed by atoms with Crippen LogP contribution in [0.5, 0.6) is 0 Å². The highest BCUT2D eigenvalue weighted by molar-refractivity contribution is 5.96. The van der Waals surface area contributed by atoms with Crippen molar-refractivity contribution in [2.24, 2.45) is 0 Å². The predicted molar refractivity (Wildman–Crippen MR) is 63.9 cm³/mol. The highest BCUT2D eigenvalue weighted by Gasteiger charge is 2.05. The number of nitrogens with zero attached hydrogens (tertiary/aromatic N) is 1. The number of aryl methyl sites for hydroxylation is 1. The van der Waals surface area contributed by atoms with Crippen LogP contribution >= 0.6 is 0 Å². The Bertz CT molecular complexity index is 689. The van der Waals surface area contributed by atoms with Crippen molar-refractivity contribution < 1.29 is 4.39 Å². The SMILES string of the molecule is Cc1c2ccccc2nc2ccc(F)cc12. The Hall–Kier alpha value is -1.96. The van der Waals surface area contributed by atoms with Gasteiger partial charge in [0.2, 0.25) is 0 Å². The van der Waals surface area contributed by atoms with E-state index in [1.54, 1.807) is 12.1 Å². The van der Waals surface area contributed by atoms with Crippen molar-refractivity contribution in [3.05, 3.63) is 53.8 Å². The molecule has 3 rings (SSSR count). The lowest BCUT2D eigenvalue weighted by atomic mass is 10.0. The predicted octanol–water partition coefficient (Wildman–Crippen LogP) is 3.84. The Morgan fingerprint density at radius 1 is 0.938 bits per heavy atom. The maximum Gasteiger partial charge on any atom is 0.123 e. The van der Waals surface area contributed by atoms with Crippen LogP contribution in [-0.4, -0.2) is 4.98 Å². The van der Waals surface area contributed by atoms with Crippen molar-refractivity contribution in [2.75, 3.05) is 0 Å². The van der Waals surface area contributed by atoms with Crippen molar-refractivity contribution in [3.8, 4) is 0 Å². The number of hydrogen-bond donors (Lipinski definition) is 0. The van der Waals surface area contributed by atoms with Gasteiger partial charge in [-0.15, -0.1) is 0 Å². The topological polar surface area (TPSA) is 12.9 Å². The molecule has 2 heteroatoms. The van der Waals surface area contributed by atoms with Gasteiger partial charge < -0.3 is 0 Å². The fourth-order valence-electron chi connectivity index (χ4n) is 2.07. The van der Waals surface area contributed by atoms with Crippen LogP contribution in [0.4, 0.5) is 4.39 Å². The second-order valence-electron chi connectivity index (χ2n) is 3.92. The van der Waals surface area contributed by atoms with Crippen LogP contribution in [0.2, 0.25) is 0 Å². The maximum atomic E-state index is 13.2. The van der Waals surface area contributed by atoms with E-state index < -0.39 is 0 Å². The third kappa shape index (κ3) is 1.27. The zero-order chi connectivity index (χ0) is 11.1. The summed E-state index contributed by atoms with van der Waals surface area (Å²) < 4.78 is 13.2. The molecule has 0 atom stereocenters. The van der Waals surface area contributed by atoms with Crippen molar-refractivity contribution >= 4 is 21.8 Å². The van der Waals surface area contributed by atoms with Crippen molar-refractivity contribution in [3.63, 3.8) is 0 Å². The average molecular weight is 211 g/mol. The fraction of sp³-hybridized carbons (Fsp3) is 0.0714. The first-order valence-corrected chi connectivity index (χ1v) is 5.20. The molecule has 0 amide bonds. The number of para-hydroxylation sites is 1. The van der Waals surface area contributed by atoms with Crippen LogP contribution in [0.3, 0.4) is 0 Å². The second-order valence-corrected chi connectivity index (χ2v) is 3.92. The van der Waals surface area contributed by atoms with Crippen LogP contribution in [0.1, 0.15) is 5.56 Å². The average Bonchev–Trinajstić information content (AvgIpc) is 2.31. The molecule has 0 radical (unpaired) electrons. The number of aromatic nitrogens is 1. The molecule has 0 bridgehead atoms. The minimum Gasteiger partial charge on any atom is -0.248 e. The quantitative estimate of drug-likeness (QED) is 0.515. The summed E-state index contributed by atoms with van der Waals surface area (Å²) in [5, 5.41) is 1.97. The molecular weight excluding hydrogens is 201 g/mol. The van der Waals surface area contributed by atoms with E-state index in [9.17, 15) is 4.39 Å².